The molecule has 0 heterocycles. The average Bonchev–Trinajstić information content (AvgIpc) is 2.25. The van der Waals surface area contributed by atoms with Crippen molar-refractivity contribution < 1.29 is 9.13 Å². The van der Waals surface area contributed by atoms with Gasteiger partial charge < -0.3 is 10.5 Å². The monoisotopic (exact) mass is 223 g/mol. The second-order valence-corrected chi connectivity index (χ2v) is 3.92. The molecular formula is C13H18FNO. The van der Waals surface area contributed by atoms with Gasteiger partial charge in [-0.05, 0) is 23.6 Å². The van der Waals surface area contributed by atoms with Crippen molar-refractivity contribution >= 4 is 6.08 Å². The lowest BCUT2D eigenvalue weighted by Gasteiger charge is -2.11. The Bertz CT molecular complexity index is 386. The lowest BCUT2D eigenvalue weighted by atomic mass is 9.99. The third kappa shape index (κ3) is 2.83. The van der Waals surface area contributed by atoms with E-state index in [-0.39, 0.29) is 17.5 Å². The van der Waals surface area contributed by atoms with Gasteiger partial charge in [0.2, 0.25) is 0 Å². The van der Waals surface area contributed by atoms with Crippen LogP contribution >= 0.6 is 0 Å². The van der Waals surface area contributed by atoms with Crippen LogP contribution in [0, 0.1) is 5.82 Å². The SMILES string of the molecule is COc1c(F)cc(C(C)C)cc1/C=C/CN. The van der Waals surface area contributed by atoms with Crippen LogP contribution in [0.2, 0.25) is 0 Å². The van der Waals surface area contributed by atoms with Crippen molar-refractivity contribution in [2.24, 2.45) is 5.73 Å². The number of methoxy groups -OCH3 is 1. The van der Waals surface area contributed by atoms with Crippen molar-refractivity contribution in [1.29, 1.82) is 0 Å². The molecule has 0 saturated heterocycles. The number of rotatable bonds is 4. The number of hydrogen-bond acceptors (Lipinski definition) is 2. The molecule has 16 heavy (non-hydrogen) atoms. The average molecular weight is 223 g/mol. The topological polar surface area (TPSA) is 35.2 Å². The zero-order valence-corrected chi connectivity index (χ0v) is 9.96. The van der Waals surface area contributed by atoms with Crippen LogP contribution in [0.5, 0.6) is 5.75 Å². The summed E-state index contributed by atoms with van der Waals surface area (Å²) in [5, 5.41) is 0. The third-order valence-electron chi connectivity index (χ3n) is 2.40. The fourth-order valence-corrected chi connectivity index (χ4v) is 1.50. The van der Waals surface area contributed by atoms with Crippen LogP contribution in [-0.2, 0) is 0 Å². The molecule has 1 aromatic carbocycles. The highest BCUT2D eigenvalue weighted by molar-refractivity contribution is 5.59. The van der Waals surface area contributed by atoms with Crippen LogP contribution in [-0.4, -0.2) is 13.7 Å². The standard InChI is InChI=1S/C13H18FNO/c1-9(2)11-7-10(5-4-6-15)13(16-3)12(14)8-11/h4-5,7-9H,6,15H2,1-3H3/b5-4+. The van der Waals surface area contributed by atoms with Gasteiger partial charge in [0.05, 0.1) is 7.11 Å². The Kier molecular flexibility index (Phi) is 4.50. The lowest BCUT2D eigenvalue weighted by molar-refractivity contribution is 0.385. The summed E-state index contributed by atoms with van der Waals surface area (Å²) in [6.45, 7) is 4.48. The Balaban J connectivity index is 3.25. The maximum atomic E-state index is 13.7. The molecule has 0 atom stereocenters. The van der Waals surface area contributed by atoms with E-state index in [2.05, 4.69) is 0 Å². The van der Waals surface area contributed by atoms with E-state index in [0.717, 1.165) is 11.1 Å². The van der Waals surface area contributed by atoms with E-state index in [4.69, 9.17) is 10.5 Å². The molecular weight excluding hydrogens is 205 g/mol. The van der Waals surface area contributed by atoms with Crippen molar-refractivity contribution in [3.05, 3.63) is 35.2 Å². The van der Waals surface area contributed by atoms with E-state index in [1.807, 2.05) is 19.9 Å². The van der Waals surface area contributed by atoms with Crippen LogP contribution in [0.25, 0.3) is 6.08 Å². The minimum Gasteiger partial charge on any atom is -0.493 e. The van der Waals surface area contributed by atoms with E-state index in [9.17, 15) is 4.39 Å². The summed E-state index contributed by atoms with van der Waals surface area (Å²) in [7, 11) is 1.47. The fraction of sp³-hybridized carbons (Fsp3) is 0.385. The fourth-order valence-electron chi connectivity index (χ4n) is 1.50. The maximum Gasteiger partial charge on any atom is 0.165 e. The predicted octanol–water partition coefficient (Wildman–Crippen LogP) is 2.93. The van der Waals surface area contributed by atoms with Gasteiger partial charge in [-0.1, -0.05) is 26.0 Å². The molecule has 1 aromatic rings. The van der Waals surface area contributed by atoms with Gasteiger partial charge in [-0.25, -0.2) is 4.39 Å². The molecule has 3 heteroatoms. The zero-order valence-electron chi connectivity index (χ0n) is 9.96. The number of halogens is 1. The Labute approximate surface area is 95.9 Å². The normalized spacial score (nSPS) is 11.4. The van der Waals surface area contributed by atoms with Crippen molar-refractivity contribution in [1.82, 2.24) is 0 Å². The highest BCUT2D eigenvalue weighted by atomic mass is 19.1. The summed E-state index contributed by atoms with van der Waals surface area (Å²) >= 11 is 0. The number of ether oxygens (including phenoxy) is 1. The van der Waals surface area contributed by atoms with Crippen LogP contribution < -0.4 is 10.5 Å². The van der Waals surface area contributed by atoms with Crippen LogP contribution in [0.4, 0.5) is 4.39 Å². The van der Waals surface area contributed by atoms with Gasteiger partial charge >= 0.3 is 0 Å². The van der Waals surface area contributed by atoms with E-state index in [0.29, 0.717) is 6.54 Å². The predicted molar refractivity (Wildman–Crippen MR) is 65.1 cm³/mol. The molecule has 1 rings (SSSR count). The number of hydrogen-bond donors (Lipinski definition) is 1. The first-order chi connectivity index (χ1) is 7.60. The first-order valence-corrected chi connectivity index (χ1v) is 5.34. The van der Waals surface area contributed by atoms with Crippen molar-refractivity contribution in [3.63, 3.8) is 0 Å². The summed E-state index contributed by atoms with van der Waals surface area (Å²) in [5.41, 5.74) is 7.07. The maximum absolute atomic E-state index is 13.7. The molecule has 88 valence electrons. The Morgan fingerprint density at radius 1 is 1.44 bits per heavy atom. The second kappa shape index (κ2) is 5.66. The molecule has 0 radical (unpaired) electrons. The summed E-state index contributed by atoms with van der Waals surface area (Å²) in [6, 6.07) is 3.45. The minimum atomic E-state index is -0.328. The molecule has 0 bridgehead atoms. The smallest absolute Gasteiger partial charge is 0.165 e. The molecule has 0 unspecified atom stereocenters. The Hall–Kier alpha value is -1.35. The Morgan fingerprint density at radius 3 is 2.62 bits per heavy atom. The first-order valence-electron chi connectivity index (χ1n) is 5.34. The minimum absolute atomic E-state index is 0.272. The molecule has 0 fully saturated rings. The number of nitrogens with two attached hydrogens (primary N) is 1. The molecule has 0 aliphatic carbocycles. The lowest BCUT2D eigenvalue weighted by Crippen LogP contribution is -1.97. The molecule has 0 aliphatic heterocycles. The largest absolute Gasteiger partial charge is 0.493 e. The first kappa shape index (κ1) is 12.7. The van der Waals surface area contributed by atoms with Crippen molar-refractivity contribution in [2.75, 3.05) is 13.7 Å². The number of benzene rings is 1. The second-order valence-electron chi connectivity index (χ2n) is 3.92. The molecule has 0 saturated carbocycles. The van der Waals surface area contributed by atoms with Gasteiger partial charge in [-0.15, -0.1) is 0 Å². The van der Waals surface area contributed by atoms with E-state index < -0.39 is 0 Å². The van der Waals surface area contributed by atoms with Gasteiger partial charge in [0, 0.05) is 12.1 Å². The van der Waals surface area contributed by atoms with Gasteiger partial charge in [0.1, 0.15) is 0 Å². The Morgan fingerprint density at radius 2 is 2.12 bits per heavy atom. The summed E-state index contributed by atoms with van der Waals surface area (Å²) < 4.78 is 18.7. The molecule has 2 N–H and O–H groups in total. The zero-order chi connectivity index (χ0) is 12.1. The molecule has 0 spiro atoms. The van der Waals surface area contributed by atoms with Gasteiger partial charge in [-0.2, -0.15) is 0 Å². The van der Waals surface area contributed by atoms with Gasteiger partial charge in [-0.3, -0.25) is 0 Å². The van der Waals surface area contributed by atoms with E-state index >= 15 is 0 Å². The molecule has 0 aliphatic rings. The highest BCUT2D eigenvalue weighted by Crippen LogP contribution is 2.28. The summed E-state index contributed by atoms with van der Waals surface area (Å²) in [5.74, 6) is 0.227. The third-order valence-corrected chi connectivity index (χ3v) is 2.40. The van der Waals surface area contributed by atoms with Crippen LogP contribution in [0.15, 0.2) is 18.2 Å². The van der Waals surface area contributed by atoms with E-state index in [1.54, 1.807) is 12.2 Å². The van der Waals surface area contributed by atoms with Gasteiger partial charge in [0.25, 0.3) is 0 Å². The molecule has 0 amide bonds. The van der Waals surface area contributed by atoms with Crippen LogP contribution in [0.1, 0.15) is 30.9 Å². The molecule has 2 nitrogen and oxygen atoms in total. The molecule has 0 aromatic heterocycles. The van der Waals surface area contributed by atoms with Crippen molar-refractivity contribution in [3.8, 4) is 5.75 Å². The summed E-state index contributed by atoms with van der Waals surface area (Å²) in [4.78, 5) is 0. The van der Waals surface area contributed by atoms with Crippen molar-refractivity contribution in [2.45, 2.75) is 19.8 Å². The van der Waals surface area contributed by atoms with Crippen LogP contribution in [0.3, 0.4) is 0 Å². The quantitative estimate of drug-likeness (QED) is 0.851. The van der Waals surface area contributed by atoms with Gasteiger partial charge in [0.15, 0.2) is 11.6 Å². The highest BCUT2D eigenvalue weighted by Gasteiger charge is 2.11. The summed E-state index contributed by atoms with van der Waals surface area (Å²) in [6.07, 6.45) is 3.56. The van der Waals surface area contributed by atoms with E-state index in [1.165, 1.54) is 13.2 Å².